The lowest BCUT2D eigenvalue weighted by molar-refractivity contribution is -0.0608. The van der Waals surface area contributed by atoms with Gasteiger partial charge in [0.2, 0.25) is 0 Å². The highest BCUT2D eigenvalue weighted by molar-refractivity contribution is 4.90. The van der Waals surface area contributed by atoms with Crippen molar-refractivity contribution in [2.24, 2.45) is 5.92 Å². The molecule has 0 aliphatic heterocycles. The Balaban J connectivity index is 4.38. The molecule has 2 nitrogen and oxygen atoms in total. The highest BCUT2D eigenvalue weighted by Crippen LogP contribution is 2.29. The van der Waals surface area contributed by atoms with Crippen molar-refractivity contribution in [3.8, 4) is 0 Å². The normalized spacial score (nSPS) is 16.1. The molecule has 0 saturated carbocycles. The molecule has 0 fully saturated rings. The van der Waals surface area contributed by atoms with Crippen LogP contribution in [0.15, 0.2) is 12.7 Å². The van der Waals surface area contributed by atoms with E-state index in [0.29, 0.717) is 12.3 Å². The predicted molar refractivity (Wildman–Crippen MR) is 51.1 cm³/mol. The first-order valence-corrected chi connectivity index (χ1v) is 4.40. The summed E-state index contributed by atoms with van der Waals surface area (Å²) in [7, 11) is 1.69. The van der Waals surface area contributed by atoms with Crippen molar-refractivity contribution in [2.45, 2.75) is 32.3 Å². The molecule has 72 valence electrons. The van der Waals surface area contributed by atoms with E-state index in [-0.39, 0.29) is 12.2 Å². The molecule has 1 atom stereocenters. The lowest BCUT2D eigenvalue weighted by atomic mass is 9.84. The van der Waals surface area contributed by atoms with Crippen LogP contribution in [0.25, 0.3) is 0 Å². The molecule has 0 aromatic carbocycles. The number of methoxy groups -OCH3 is 1. The molecule has 0 spiro atoms. The zero-order valence-corrected chi connectivity index (χ0v) is 8.34. The smallest absolute Gasteiger partial charge is 0.0757 e. The van der Waals surface area contributed by atoms with Gasteiger partial charge in [-0.2, -0.15) is 0 Å². The van der Waals surface area contributed by atoms with Crippen LogP contribution in [0.3, 0.4) is 0 Å². The molecule has 0 radical (unpaired) electrons. The highest BCUT2D eigenvalue weighted by Gasteiger charge is 2.31. The average Bonchev–Trinajstić information content (AvgIpc) is 2.03. The first kappa shape index (κ1) is 11.7. The number of hydrogen-bond donors (Lipinski definition) is 1. The van der Waals surface area contributed by atoms with Crippen LogP contribution in [0.1, 0.15) is 26.7 Å². The third-order valence-corrected chi connectivity index (χ3v) is 2.48. The molecule has 2 heteroatoms. The second-order valence-corrected chi connectivity index (χ2v) is 3.39. The van der Waals surface area contributed by atoms with Gasteiger partial charge in [0.05, 0.1) is 5.60 Å². The van der Waals surface area contributed by atoms with E-state index in [1.165, 1.54) is 0 Å². The Morgan fingerprint density at radius 3 is 2.42 bits per heavy atom. The van der Waals surface area contributed by atoms with Crippen molar-refractivity contribution in [3.63, 3.8) is 0 Å². The summed E-state index contributed by atoms with van der Waals surface area (Å²) in [5.74, 6) is 0.396. The maximum absolute atomic E-state index is 8.89. The summed E-state index contributed by atoms with van der Waals surface area (Å²) in [5.41, 5.74) is -0.226. The van der Waals surface area contributed by atoms with Crippen LogP contribution < -0.4 is 0 Å². The molecule has 1 N–H and O–H groups in total. The Morgan fingerprint density at radius 2 is 2.17 bits per heavy atom. The summed E-state index contributed by atoms with van der Waals surface area (Å²) in [6.45, 7) is 8.06. The van der Waals surface area contributed by atoms with E-state index in [1.54, 1.807) is 7.11 Å². The van der Waals surface area contributed by atoms with E-state index in [2.05, 4.69) is 20.4 Å². The largest absolute Gasteiger partial charge is 0.396 e. The summed E-state index contributed by atoms with van der Waals surface area (Å²) in [6.07, 6.45) is 3.31. The van der Waals surface area contributed by atoms with Gasteiger partial charge in [0.25, 0.3) is 0 Å². The third-order valence-electron chi connectivity index (χ3n) is 2.48. The van der Waals surface area contributed by atoms with Crippen LogP contribution in [0.2, 0.25) is 0 Å². The Hall–Kier alpha value is -0.340. The maximum atomic E-state index is 8.89. The fourth-order valence-electron chi connectivity index (χ4n) is 1.48. The first-order valence-electron chi connectivity index (χ1n) is 4.40. The topological polar surface area (TPSA) is 29.5 Å². The van der Waals surface area contributed by atoms with Gasteiger partial charge >= 0.3 is 0 Å². The van der Waals surface area contributed by atoms with Gasteiger partial charge in [-0.1, -0.05) is 19.9 Å². The minimum absolute atomic E-state index is 0.167. The van der Waals surface area contributed by atoms with Crippen LogP contribution in [-0.2, 0) is 4.74 Å². The predicted octanol–water partition coefficient (Wildman–Crippen LogP) is 1.99. The summed E-state index contributed by atoms with van der Waals surface area (Å²) >= 11 is 0. The van der Waals surface area contributed by atoms with E-state index < -0.39 is 0 Å². The van der Waals surface area contributed by atoms with Crippen molar-refractivity contribution in [3.05, 3.63) is 12.7 Å². The SMILES string of the molecule is C=CC[C@](CCO)(OC)C(C)C. The van der Waals surface area contributed by atoms with Crippen molar-refractivity contribution in [2.75, 3.05) is 13.7 Å². The number of rotatable bonds is 6. The Bertz CT molecular complexity index is 132. The average molecular weight is 172 g/mol. The molecule has 0 unspecified atom stereocenters. The van der Waals surface area contributed by atoms with Crippen molar-refractivity contribution in [1.82, 2.24) is 0 Å². The Morgan fingerprint density at radius 1 is 1.58 bits per heavy atom. The van der Waals surface area contributed by atoms with Crippen LogP contribution >= 0.6 is 0 Å². The van der Waals surface area contributed by atoms with Crippen LogP contribution in [0, 0.1) is 5.92 Å². The number of ether oxygens (including phenoxy) is 1. The van der Waals surface area contributed by atoms with E-state index in [9.17, 15) is 0 Å². The molecule has 0 saturated heterocycles. The maximum Gasteiger partial charge on any atom is 0.0757 e. The second kappa shape index (κ2) is 5.33. The van der Waals surface area contributed by atoms with Crippen molar-refractivity contribution >= 4 is 0 Å². The van der Waals surface area contributed by atoms with E-state index in [0.717, 1.165) is 6.42 Å². The van der Waals surface area contributed by atoms with Gasteiger partial charge in [0.15, 0.2) is 0 Å². The third kappa shape index (κ3) is 2.61. The molecule has 0 rings (SSSR count). The van der Waals surface area contributed by atoms with Crippen LogP contribution in [0.4, 0.5) is 0 Å². The van der Waals surface area contributed by atoms with E-state index >= 15 is 0 Å². The number of hydrogen-bond acceptors (Lipinski definition) is 2. The molecule has 0 aromatic rings. The van der Waals surface area contributed by atoms with Crippen LogP contribution in [0.5, 0.6) is 0 Å². The highest BCUT2D eigenvalue weighted by atomic mass is 16.5. The monoisotopic (exact) mass is 172 g/mol. The lowest BCUT2D eigenvalue weighted by Gasteiger charge is -2.35. The summed E-state index contributed by atoms with van der Waals surface area (Å²) < 4.78 is 5.45. The number of aliphatic hydroxyl groups is 1. The second-order valence-electron chi connectivity index (χ2n) is 3.39. The summed E-state index contributed by atoms with van der Waals surface area (Å²) in [4.78, 5) is 0. The van der Waals surface area contributed by atoms with Crippen molar-refractivity contribution in [1.29, 1.82) is 0 Å². The van der Waals surface area contributed by atoms with E-state index in [1.807, 2.05) is 6.08 Å². The standard InChI is InChI=1S/C10H20O2/c1-5-6-10(12-4,7-8-11)9(2)3/h5,9,11H,1,6-8H2,2-4H3/t10-/m1/s1. The molecule has 0 bridgehead atoms. The van der Waals surface area contributed by atoms with Gasteiger partial charge in [-0.05, 0) is 12.3 Å². The van der Waals surface area contributed by atoms with Crippen LogP contribution in [-0.4, -0.2) is 24.4 Å². The summed E-state index contributed by atoms with van der Waals surface area (Å²) in [6, 6.07) is 0. The van der Waals surface area contributed by atoms with Crippen molar-refractivity contribution < 1.29 is 9.84 Å². The zero-order chi connectivity index (χ0) is 9.61. The molecule has 0 aromatic heterocycles. The molecule has 0 heterocycles. The van der Waals surface area contributed by atoms with Gasteiger partial charge in [0, 0.05) is 20.1 Å². The van der Waals surface area contributed by atoms with Gasteiger partial charge in [-0.3, -0.25) is 0 Å². The molecular formula is C10H20O2. The summed E-state index contributed by atoms with van der Waals surface area (Å²) in [5, 5.41) is 8.89. The van der Waals surface area contributed by atoms with Gasteiger partial charge in [-0.25, -0.2) is 0 Å². The van der Waals surface area contributed by atoms with E-state index in [4.69, 9.17) is 9.84 Å². The Labute approximate surface area is 75.2 Å². The Kier molecular flexibility index (Phi) is 5.18. The minimum atomic E-state index is -0.226. The van der Waals surface area contributed by atoms with Gasteiger partial charge < -0.3 is 9.84 Å². The fraction of sp³-hybridized carbons (Fsp3) is 0.800. The molecular weight excluding hydrogens is 152 g/mol. The van der Waals surface area contributed by atoms with Gasteiger partial charge in [-0.15, -0.1) is 6.58 Å². The quantitative estimate of drug-likeness (QED) is 0.621. The fourth-order valence-corrected chi connectivity index (χ4v) is 1.48. The zero-order valence-electron chi connectivity index (χ0n) is 8.34. The lowest BCUT2D eigenvalue weighted by Crippen LogP contribution is -2.37. The molecule has 12 heavy (non-hydrogen) atoms. The number of aliphatic hydroxyl groups excluding tert-OH is 1. The van der Waals surface area contributed by atoms with Gasteiger partial charge in [0.1, 0.15) is 0 Å². The molecule has 0 aliphatic rings. The first-order chi connectivity index (χ1) is 5.63. The molecule has 0 amide bonds. The minimum Gasteiger partial charge on any atom is -0.396 e. The molecule has 0 aliphatic carbocycles.